The topological polar surface area (TPSA) is 53.0 Å². The van der Waals surface area contributed by atoms with Crippen molar-refractivity contribution in [2.45, 2.75) is 24.5 Å². The largest absolute Gasteiger partial charge is 0.395 e. The van der Waals surface area contributed by atoms with Crippen LogP contribution in [0.3, 0.4) is 0 Å². The van der Waals surface area contributed by atoms with Crippen molar-refractivity contribution < 1.29 is 19.0 Å². The monoisotopic (exact) mass is 370 g/mol. The van der Waals surface area contributed by atoms with Crippen LogP contribution in [0.5, 0.6) is 0 Å². The second-order valence-corrected chi connectivity index (χ2v) is 7.10. The number of fused-ring (bicyclic) bond motifs is 3. The molecule has 0 unspecified atom stereocenters. The molecule has 0 radical (unpaired) electrons. The quantitative estimate of drug-likeness (QED) is 0.876. The van der Waals surface area contributed by atoms with Gasteiger partial charge in [0, 0.05) is 49.5 Å². The van der Waals surface area contributed by atoms with Crippen molar-refractivity contribution in [2.75, 3.05) is 31.8 Å². The zero-order chi connectivity index (χ0) is 19.0. The summed E-state index contributed by atoms with van der Waals surface area (Å²) < 4.78 is 19.2. The van der Waals surface area contributed by atoms with Gasteiger partial charge in [-0.25, -0.2) is 4.39 Å². The summed E-state index contributed by atoms with van der Waals surface area (Å²) >= 11 is 0. The normalized spacial score (nSPS) is 24.1. The lowest BCUT2D eigenvalue weighted by molar-refractivity contribution is -0.123. The Balaban J connectivity index is 1.66. The lowest BCUT2D eigenvalue weighted by Gasteiger charge is -2.59. The summed E-state index contributed by atoms with van der Waals surface area (Å²) in [6.45, 7) is 0.931. The van der Waals surface area contributed by atoms with E-state index in [-0.39, 0.29) is 42.9 Å². The third kappa shape index (κ3) is 3.04. The summed E-state index contributed by atoms with van der Waals surface area (Å²) in [7, 11) is 1.51. The lowest BCUT2D eigenvalue weighted by atomic mass is 9.71. The SMILES string of the molecule is COCC(=O)N1C[C@@H]2[C@H](c3ccccc31)[C@@H](CO)N2Cc1ccccc1F. The molecule has 0 saturated carbocycles. The number of carbonyl (C=O) groups excluding carboxylic acids is 1. The van der Waals surface area contributed by atoms with Crippen molar-refractivity contribution in [1.29, 1.82) is 0 Å². The van der Waals surface area contributed by atoms with E-state index in [0.717, 1.165) is 11.3 Å². The number of hydrogen-bond donors (Lipinski definition) is 1. The van der Waals surface area contributed by atoms with E-state index in [0.29, 0.717) is 18.7 Å². The van der Waals surface area contributed by atoms with Crippen LogP contribution in [-0.2, 0) is 16.1 Å². The molecular weight excluding hydrogens is 347 g/mol. The molecule has 0 spiro atoms. The number of likely N-dealkylation sites (tertiary alicyclic amines) is 1. The van der Waals surface area contributed by atoms with Crippen molar-refractivity contribution in [3.8, 4) is 0 Å². The van der Waals surface area contributed by atoms with Crippen LogP contribution in [0.1, 0.15) is 17.0 Å². The molecule has 27 heavy (non-hydrogen) atoms. The van der Waals surface area contributed by atoms with Crippen LogP contribution < -0.4 is 4.90 Å². The number of aliphatic hydroxyl groups excluding tert-OH is 1. The standard InChI is InChI=1S/C21H23FN2O3/c1-27-13-20(26)24-11-18-21(15-7-3-5-9-17(15)24)19(12-25)23(18)10-14-6-2-4-8-16(14)22/h2-9,18-19,21,25H,10-13H2,1H3/t18-,19-,21+/m1/s1. The highest BCUT2D eigenvalue weighted by Crippen LogP contribution is 2.48. The maximum atomic E-state index is 14.1. The molecule has 6 heteroatoms. The van der Waals surface area contributed by atoms with Crippen LogP contribution in [0.25, 0.3) is 0 Å². The molecular formula is C21H23FN2O3. The maximum absolute atomic E-state index is 14.1. The number of aliphatic hydroxyl groups is 1. The number of carbonyl (C=O) groups is 1. The predicted octanol–water partition coefficient (Wildman–Crippen LogP) is 2.15. The summed E-state index contributed by atoms with van der Waals surface area (Å²) in [5.74, 6) is -0.215. The van der Waals surface area contributed by atoms with Gasteiger partial charge in [-0.1, -0.05) is 36.4 Å². The summed E-state index contributed by atoms with van der Waals surface area (Å²) in [4.78, 5) is 16.4. The number of anilines is 1. The second kappa shape index (κ2) is 7.38. The molecule has 1 amide bonds. The van der Waals surface area contributed by atoms with E-state index in [1.165, 1.54) is 13.2 Å². The Morgan fingerprint density at radius 3 is 2.70 bits per heavy atom. The highest BCUT2D eigenvalue weighted by molar-refractivity contribution is 5.96. The van der Waals surface area contributed by atoms with Gasteiger partial charge in [-0.15, -0.1) is 0 Å². The van der Waals surface area contributed by atoms with Gasteiger partial charge in [0.25, 0.3) is 5.91 Å². The third-order valence-corrected chi connectivity index (χ3v) is 5.70. The highest BCUT2D eigenvalue weighted by atomic mass is 19.1. The van der Waals surface area contributed by atoms with Gasteiger partial charge in [0.15, 0.2) is 0 Å². The van der Waals surface area contributed by atoms with Crippen LogP contribution in [0.4, 0.5) is 10.1 Å². The second-order valence-electron chi connectivity index (χ2n) is 7.10. The van der Waals surface area contributed by atoms with Crippen LogP contribution in [0.15, 0.2) is 48.5 Å². The van der Waals surface area contributed by atoms with Crippen molar-refractivity contribution in [1.82, 2.24) is 4.90 Å². The Hall–Kier alpha value is -2.28. The molecule has 142 valence electrons. The van der Waals surface area contributed by atoms with E-state index in [2.05, 4.69) is 4.90 Å². The number of nitrogens with zero attached hydrogens (tertiary/aromatic N) is 2. The van der Waals surface area contributed by atoms with E-state index in [9.17, 15) is 14.3 Å². The molecule has 1 saturated heterocycles. The van der Waals surface area contributed by atoms with Gasteiger partial charge in [-0.2, -0.15) is 0 Å². The highest BCUT2D eigenvalue weighted by Gasteiger charge is 2.53. The third-order valence-electron chi connectivity index (χ3n) is 5.70. The van der Waals surface area contributed by atoms with E-state index in [4.69, 9.17) is 4.74 Å². The number of amides is 1. The van der Waals surface area contributed by atoms with Crippen LogP contribution in [0, 0.1) is 5.82 Å². The average Bonchev–Trinajstić information content (AvgIpc) is 2.67. The van der Waals surface area contributed by atoms with E-state index >= 15 is 0 Å². The Kier molecular flexibility index (Phi) is 4.95. The van der Waals surface area contributed by atoms with E-state index in [1.807, 2.05) is 30.3 Å². The number of halogens is 1. The van der Waals surface area contributed by atoms with Gasteiger partial charge >= 0.3 is 0 Å². The van der Waals surface area contributed by atoms with Gasteiger partial charge in [0.05, 0.1) is 6.61 Å². The van der Waals surface area contributed by atoms with Crippen molar-refractivity contribution in [2.24, 2.45) is 0 Å². The zero-order valence-electron chi connectivity index (χ0n) is 15.2. The number of para-hydroxylation sites is 1. The van der Waals surface area contributed by atoms with Crippen molar-refractivity contribution in [3.05, 3.63) is 65.5 Å². The Morgan fingerprint density at radius 1 is 1.22 bits per heavy atom. The van der Waals surface area contributed by atoms with Crippen LogP contribution >= 0.6 is 0 Å². The number of rotatable bonds is 5. The first-order valence-corrected chi connectivity index (χ1v) is 9.14. The lowest BCUT2D eigenvalue weighted by Crippen LogP contribution is -2.69. The minimum Gasteiger partial charge on any atom is -0.395 e. The van der Waals surface area contributed by atoms with Crippen molar-refractivity contribution >= 4 is 11.6 Å². The zero-order valence-corrected chi connectivity index (χ0v) is 15.2. The summed E-state index contributed by atoms with van der Waals surface area (Å²) in [5, 5.41) is 9.99. The number of hydrogen-bond acceptors (Lipinski definition) is 4. The molecule has 3 atom stereocenters. The average molecular weight is 370 g/mol. The first kappa shape index (κ1) is 18.1. The fraction of sp³-hybridized carbons (Fsp3) is 0.381. The van der Waals surface area contributed by atoms with Crippen LogP contribution in [-0.4, -0.2) is 54.9 Å². The minimum atomic E-state index is -0.249. The molecule has 2 aliphatic heterocycles. The summed E-state index contributed by atoms with van der Waals surface area (Å²) in [6, 6.07) is 14.5. The van der Waals surface area contributed by atoms with Crippen LogP contribution in [0.2, 0.25) is 0 Å². The maximum Gasteiger partial charge on any atom is 0.253 e. The molecule has 2 aromatic carbocycles. The number of benzene rings is 2. The fourth-order valence-corrected chi connectivity index (χ4v) is 4.46. The molecule has 2 heterocycles. The van der Waals surface area contributed by atoms with Gasteiger partial charge < -0.3 is 14.7 Å². The Labute approximate surface area is 158 Å². The molecule has 2 aromatic rings. The molecule has 5 nitrogen and oxygen atoms in total. The Bertz CT molecular complexity index is 844. The molecule has 1 N–H and O–H groups in total. The van der Waals surface area contributed by atoms with Gasteiger partial charge in [-0.3, -0.25) is 9.69 Å². The smallest absolute Gasteiger partial charge is 0.253 e. The first-order valence-electron chi connectivity index (χ1n) is 9.14. The summed E-state index contributed by atoms with van der Waals surface area (Å²) in [6.07, 6.45) is 0. The number of methoxy groups -OCH3 is 1. The molecule has 4 rings (SSSR count). The molecule has 1 fully saturated rings. The van der Waals surface area contributed by atoms with Gasteiger partial charge in [0.2, 0.25) is 0 Å². The fourth-order valence-electron chi connectivity index (χ4n) is 4.46. The molecule has 0 bridgehead atoms. The van der Waals surface area contributed by atoms with E-state index in [1.54, 1.807) is 17.0 Å². The summed E-state index contributed by atoms with van der Waals surface area (Å²) in [5.41, 5.74) is 2.54. The van der Waals surface area contributed by atoms with Gasteiger partial charge in [0.1, 0.15) is 12.4 Å². The molecule has 0 aliphatic carbocycles. The van der Waals surface area contributed by atoms with Crippen molar-refractivity contribution in [3.63, 3.8) is 0 Å². The molecule has 2 aliphatic rings. The number of ether oxygens (including phenoxy) is 1. The molecule has 0 aromatic heterocycles. The van der Waals surface area contributed by atoms with E-state index < -0.39 is 0 Å². The first-order chi connectivity index (χ1) is 13.2. The Morgan fingerprint density at radius 2 is 1.96 bits per heavy atom. The minimum absolute atomic E-state index is 0.00400. The van der Waals surface area contributed by atoms with Gasteiger partial charge in [-0.05, 0) is 17.7 Å². The predicted molar refractivity (Wildman–Crippen MR) is 100 cm³/mol.